The fraction of sp³-hybridized carbons (Fsp3) is 0.750. The summed E-state index contributed by atoms with van der Waals surface area (Å²) in [5, 5.41) is 17.0. The highest BCUT2D eigenvalue weighted by molar-refractivity contribution is 5.76. The van der Waals surface area contributed by atoms with Crippen LogP contribution in [0.3, 0.4) is 0 Å². The fourth-order valence-electron chi connectivity index (χ4n) is 0.970. The third-order valence-electron chi connectivity index (χ3n) is 1.82. The molecule has 0 radical (unpaired) electrons. The van der Waals surface area contributed by atoms with Gasteiger partial charge in [0.2, 0.25) is 0 Å². The van der Waals surface area contributed by atoms with E-state index in [4.69, 9.17) is 10.2 Å². The summed E-state index contributed by atoms with van der Waals surface area (Å²) in [5.74, 6) is -0.972. The minimum Gasteiger partial charge on any atom is -0.464 e. The number of hydrogen-bond donors (Lipinski definition) is 2. The molecule has 2 fully saturated rings. The largest absolute Gasteiger partial charge is 0.464 e. The molecule has 0 aromatic rings. The van der Waals surface area contributed by atoms with Gasteiger partial charge in [-0.15, -0.1) is 0 Å². The molecule has 0 aliphatic carbocycles. The van der Waals surface area contributed by atoms with Crippen molar-refractivity contribution in [2.75, 3.05) is 13.2 Å². The van der Waals surface area contributed by atoms with Gasteiger partial charge in [0.05, 0.1) is 13.2 Å². The molecule has 2 saturated heterocycles. The predicted octanol–water partition coefficient (Wildman–Crippen LogP) is -1.41. The number of aliphatic hydroxyl groups is 2. The van der Waals surface area contributed by atoms with Crippen molar-refractivity contribution >= 4 is 11.9 Å². The Bertz CT molecular complexity index is 202. The molecule has 2 aliphatic rings. The Hall–Kier alpha value is -1.14. The third kappa shape index (κ3) is 2.97. The molecule has 6 heteroatoms. The summed E-state index contributed by atoms with van der Waals surface area (Å²) >= 11 is 0. The predicted molar refractivity (Wildman–Crippen MR) is 43.2 cm³/mol. The van der Waals surface area contributed by atoms with Gasteiger partial charge < -0.3 is 19.7 Å². The molecule has 0 unspecified atom stereocenters. The number of rotatable bonds is 0. The highest BCUT2D eigenvalue weighted by Crippen LogP contribution is 2.03. The van der Waals surface area contributed by atoms with Crippen LogP contribution in [0.1, 0.15) is 12.8 Å². The zero-order chi connectivity index (χ0) is 10.6. The summed E-state index contributed by atoms with van der Waals surface area (Å²) in [6.45, 7) is 0.750. The first-order chi connectivity index (χ1) is 6.61. The molecule has 2 rings (SSSR count). The van der Waals surface area contributed by atoms with Crippen molar-refractivity contribution < 1.29 is 29.3 Å². The summed E-state index contributed by atoms with van der Waals surface area (Å²) < 4.78 is 8.75. The molecular formula is C8H12O6. The van der Waals surface area contributed by atoms with Crippen molar-refractivity contribution in [3.05, 3.63) is 0 Å². The van der Waals surface area contributed by atoms with Gasteiger partial charge in [-0.25, -0.2) is 9.59 Å². The Morgan fingerprint density at radius 3 is 1.36 bits per heavy atom. The van der Waals surface area contributed by atoms with Crippen LogP contribution in [0.5, 0.6) is 0 Å². The maximum atomic E-state index is 10.1. The average Bonchev–Trinajstić information content (AvgIpc) is 2.67. The van der Waals surface area contributed by atoms with Crippen molar-refractivity contribution in [3.63, 3.8) is 0 Å². The lowest BCUT2D eigenvalue weighted by Gasteiger charge is -1.88. The van der Waals surface area contributed by atoms with E-state index in [0.29, 0.717) is 26.1 Å². The van der Waals surface area contributed by atoms with Crippen LogP contribution < -0.4 is 0 Å². The van der Waals surface area contributed by atoms with Crippen molar-refractivity contribution in [1.29, 1.82) is 0 Å². The second kappa shape index (κ2) is 4.92. The van der Waals surface area contributed by atoms with E-state index in [1.54, 1.807) is 0 Å². The maximum Gasteiger partial charge on any atom is 0.335 e. The highest BCUT2D eigenvalue weighted by Gasteiger charge is 2.23. The molecule has 2 aliphatic heterocycles. The third-order valence-corrected chi connectivity index (χ3v) is 1.82. The summed E-state index contributed by atoms with van der Waals surface area (Å²) in [7, 11) is 0. The molecule has 0 aromatic carbocycles. The van der Waals surface area contributed by atoms with Crippen molar-refractivity contribution in [3.8, 4) is 0 Å². The topological polar surface area (TPSA) is 93.1 Å². The highest BCUT2D eigenvalue weighted by atomic mass is 16.6. The van der Waals surface area contributed by atoms with Crippen molar-refractivity contribution in [2.45, 2.75) is 25.0 Å². The van der Waals surface area contributed by atoms with E-state index in [-0.39, 0.29) is 0 Å². The molecule has 14 heavy (non-hydrogen) atoms. The Morgan fingerprint density at radius 1 is 0.929 bits per heavy atom. The summed E-state index contributed by atoms with van der Waals surface area (Å²) in [4.78, 5) is 20.2. The van der Waals surface area contributed by atoms with E-state index >= 15 is 0 Å². The van der Waals surface area contributed by atoms with Gasteiger partial charge in [0.15, 0.2) is 12.2 Å². The van der Waals surface area contributed by atoms with E-state index in [1.807, 2.05) is 0 Å². The zero-order valence-corrected chi connectivity index (χ0v) is 7.51. The Labute approximate surface area is 80.4 Å². The molecule has 0 amide bonds. The molecule has 80 valence electrons. The normalized spacial score (nSPS) is 30.4. The number of ether oxygens (including phenoxy) is 2. The maximum absolute atomic E-state index is 10.1. The van der Waals surface area contributed by atoms with Gasteiger partial charge in [-0.1, -0.05) is 0 Å². The Morgan fingerprint density at radius 2 is 1.29 bits per heavy atom. The summed E-state index contributed by atoms with van der Waals surface area (Å²) in [6, 6.07) is 0. The van der Waals surface area contributed by atoms with E-state index in [9.17, 15) is 9.59 Å². The first-order valence-corrected chi connectivity index (χ1v) is 4.30. The first-order valence-electron chi connectivity index (χ1n) is 4.30. The van der Waals surface area contributed by atoms with E-state index < -0.39 is 24.1 Å². The molecular weight excluding hydrogens is 192 g/mol. The van der Waals surface area contributed by atoms with Gasteiger partial charge in [0, 0.05) is 12.8 Å². The van der Waals surface area contributed by atoms with Gasteiger partial charge in [-0.2, -0.15) is 0 Å². The molecule has 2 heterocycles. The molecule has 6 nitrogen and oxygen atoms in total. The Kier molecular flexibility index (Phi) is 3.84. The van der Waals surface area contributed by atoms with Gasteiger partial charge in [0.25, 0.3) is 0 Å². The van der Waals surface area contributed by atoms with Crippen LogP contribution >= 0.6 is 0 Å². The lowest BCUT2D eigenvalue weighted by atomic mass is 10.3. The molecule has 2 N–H and O–H groups in total. The van der Waals surface area contributed by atoms with E-state index in [2.05, 4.69) is 9.47 Å². The number of carbonyl (C=O) groups is 2. The van der Waals surface area contributed by atoms with Crippen LogP contribution in [0.25, 0.3) is 0 Å². The second-order valence-corrected chi connectivity index (χ2v) is 2.94. The minimum atomic E-state index is -0.847. The Balaban J connectivity index is 0.000000140. The number of aliphatic hydroxyl groups excluding tert-OH is 2. The first kappa shape index (κ1) is 10.9. The van der Waals surface area contributed by atoms with Gasteiger partial charge in [0.1, 0.15) is 0 Å². The van der Waals surface area contributed by atoms with E-state index in [1.165, 1.54) is 0 Å². The summed E-state index contributed by atoms with van der Waals surface area (Å²) in [5.41, 5.74) is 0. The molecule has 0 saturated carbocycles. The quantitative estimate of drug-likeness (QED) is 0.471. The van der Waals surface area contributed by atoms with Crippen LogP contribution in [0, 0.1) is 0 Å². The number of cyclic esters (lactones) is 2. The average molecular weight is 204 g/mol. The minimum absolute atomic E-state index is 0.375. The number of carbonyl (C=O) groups excluding carboxylic acids is 2. The van der Waals surface area contributed by atoms with Gasteiger partial charge >= 0.3 is 11.9 Å². The van der Waals surface area contributed by atoms with Crippen molar-refractivity contribution in [1.82, 2.24) is 0 Å². The molecule has 0 aromatic heterocycles. The SMILES string of the molecule is O=C1OCC[C@@H]1O.O=C1OCC[C@@H]1O. The lowest BCUT2D eigenvalue weighted by molar-refractivity contribution is -0.145. The zero-order valence-electron chi connectivity index (χ0n) is 7.51. The second-order valence-electron chi connectivity index (χ2n) is 2.94. The van der Waals surface area contributed by atoms with Crippen LogP contribution in [0.4, 0.5) is 0 Å². The fourth-order valence-corrected chi connectivity index (χ4v) is 0.970. The van der Waals surface area contributed by atoms with Crippen LogP contribution in [0.2, 0.25) is 0 Å². The van der Waals surface area contributed by atoms with Gasteiger partial charge in [-0.3, -0.25) is 0 Å². The van der Waals surface area contributed by atoms with Crippen LogP contribution in [-0.2, 0) is 19.1 Å². The standard InChI is InChI=1S/2C4H6O3/c2*5-3-1-2-7-4(3)6/h2*3,5H,1-2H2/t2*3-/m00/s1. The number of esters is 2. The van der Waals surface area contributed by atoms with Gasteiger partial charge in [-0.05, 0) is 0 Å². The van der Waals surface area contributed by atoms with Crippen molar-refractivity contribution in [2.24, 2.45) is 0 Å². The number of hydrogen-bond acceptors (Lipinski definition) is 6. The van der Waals surface area contributed by atoms with Crippen LogP contribution in [-0.4, -0.2) is 47.6 Å². The van der Waals surface area contributed by atoms with E-state index in [0.717, 1.165) is 0 Å². The monoisotopic (exact) mass is 204 g/mol. The molecule has 2 atom stereocenters. The summed E-state index contributed by atoms with van der Waals surface area (Å²) in [6.07, 6.45) is -0.780. The lowest BCUT2D eigenvalue weighted by Crippen LogP contribution is -2.11. The smallest absolute Gasteiger partial charge is 0.335 e. The molecule has 0 spiro atoms. The molecule has 0 bridgehead atoms. The van der Waals surface area contributed by atoms with Crippen LogP contribution in [0.15, 0.2) is 0 Å².